The second-order valence-electron chi connectivity index (χ2n) is 4.10. The van der Waals surface area contributed by atoms with Crippen molar-refractivity contribution in [3.05, 3.63) is 29.6 Å². The quantitative estimate of drug-likeness (QED) is 0.812. The second kappa shape index (κ2) is 4.87. The van der Waals surface area contributed by atoms with Crippen molar-refractivity contribution >= 4 is 22.6 Å². The lowest BCUT2D eigenvalue weighted by atomic mass is 10.2. The molecule has 0 amide bonds. The maximum Gasteiger partial charge on any atom is 0.161 e. The Morgan fingerprint density at radius 3 is 3.00 bits per heavy atom. The van der Waals surface area contributed by atoms with E-state index in [1.54, 1.807) is 24.8 Å². The number of nitrogens with zero attached hydrogens (tertiary/aromatic N) is 1. The van der Waals surface area contributed by atoms with Crippen LogP contribution in [0.1, 0.15) is 12.5 Å². The van der Waals surface area contributed by atoms with Crippen LogP contribution in [-0.4, -0.2) is 17.5 Å². The van der Waals surface area contributed by atoms with E-state index in [9.17, 15) is 4.39 Å². The SMILES string of the molecule is Cc1c(F)cccc1NC1=NCC(C)CS1. The first-order valence-electron chi connectivity index (χ1n) is 5.36. The van der Waals surface area contributed by atoms with Gasteiger partial charge in [0.15, 0.2) is 5.17 Å². The molecule has 2 rings (SSSR count). The molecule has 1 unspecified atom stereocenters. The Morgan fingerprint density at radius 2 is 2.31 bits per heavy atom. The molecule has 1 aliphatic rings. The zero-order valence-electron chi connectivity index (χ0n) is 9.46. The number of benzene rings is 1. The molecule has 0 saturated carbocycles. The van der Waals surface area contributed by atoms with Crippen LogP contribution in [0, 0.1) is 18.7 Å². The van der Waals surface area contributed by atoms with Gasteiger partial charge in [-0.2, -0.15) is 0 Å². The molecule has 0 spiro atoms. The minimum absolute atomic E-state index is 0.181. The number of hydrogen-bond donors (Lipinski definition) is 1. The van der Waals surface area contributed by atoms with E-state index in [1.807, 2.05) is 6.07 Å². The molecule has 16 heavy (non-hydrogen) atoms. The minimum Gasteiger partial charge on any atom is -0.335 e. The number of anilines is 1. The maximum absolute atomic E-state index is 13.3. The van der Waals surface area contributed by atoms with Gasteiger partial charge in [0.2, 0.25) is 0 Å². The summed E-state index contributed by atoms with van der Waals surface area (Å²) in [5.41, 5.74) is 1.45. The lowest BCUT2D eigenvalue weighted by molar-refractivity contribution is 0.619. The third-order valence-electron chi connectivity index (χ3n) is 2.56. The maximum atomic E-state index is 13.3. The van der Waals surface area contributed by atoms with Crippen LogP contribution in [0.15, 0.2) is 23.2 Å². The fraction of sp³-hybridized carbons (Fsp3) is 0.417. The Morgan fingerprint density at radius 1 is 1.50 bits per heavy atom. The Balaban J connectivity index is 2.12. The summed E-state index contributed by atoms with van der Waals surface area (Å²) in [4.78, 5) is 4.42. The number of halogens is 1. The summed E-state index contributed by atoms with van der Waals surface area (Å²) in [7, 11) is 0. The number of thioether (sulfide) groups is 1. The molecule has 1 aliphatic heterocycles. The first-order chi connectivity index (χ1) is 7.66. The number of rotatable bonds is 1. The predicted molar refractivity (Wildman–Crippen MR) is 68.7 cm³/mol. The van der Waals surface area contributed by atoms with E-state index in [-0.39, 0.29) is 5.82 Å². The highest BCUT2D eigenvalue weighted by Gasteiger charge is 2.13. The van der Waals surface area contributed by atoms with Gasteiger partial charge in [0.05, 0.1) is 0 Å². The average Bonchev–Trinajstić information content (AvgIpc) is 2.28. The highest BCUT2D eigenvalue weighted by molar-refractivity contribution is 8.14. The molecule has 1 aromatic carbocycles. The van der Waals surface area contributed by atoms with Crippen LogP contribution in [0.25, 0.3) is 0 Å². The number of aliphatic imine (C=N–C) groups is 1. The number of hydrogen-bond acceptors (Lipinski definition) is 3. The van der Waals surface area contributed by atoms with Crippen molar-refractivity contribution in [1.29, 1.82) is 0 Å². The van der Waals surface area contributed by atoms with Gasteiger partial charge in [0.1, 0.15) is 5.82 Å². The highest BCUT2D eigenvalue weighted by atomic mass is 32.2. The van der Waals surface area contributed by atoms with Crippen LogP contribution in [0.5, 0.6) is 0 Å². The monoisotopic (exact) mass is 238 g/mol. The fourth-order valence-corrected chi connectivity index (χ4v) is 2.39. The highest BCUT2D eigenvalue weighted by Crippen LogP contribution is 2.22. The van der Waals surface area contributed by atoms with Gasteiger partial charge in [-0.3, -0.25) is 4.99 Å². The molecule has 2 nitrogen and oxygen atoms in total. The lowest BCUT2D eigenvalue weighted by Crippen LogP contribution is -2.19. The lowest BCUT2D eigenvalue weighted by Gasteiger charge is -2.18. The molecule has 0 saturated heterocycles. The zero-order valence-corrected chi connectivity index (χ0v) is 10.3. The minimum atomic E-state index is -0.181. The van der Waals surface area contributed by atoms with E-state index in [2.05, 4.69) is 17.2 Å². The Labute approximate surface area is 99.3 Å². The zero-order chi connectivity index (χ0) is 11.5. The molecule has 1 atom stereocenters. The van der Waals surface area contributed by atoms with Gasteiger partial charge in [-0.1, -0.05) is 24.8 Å². The van der Waals surface area contributed by atoms with Crippen molar-refractivity contribution in [2.75, 3.05) is 17.6 Å². The van der Waals surface area contributed by atoms with Gasteiger partial charge in [-0.05, 0) is 25.0 Å². The van der Waals surface area contributed by atoms with E-state index in [0.29, 0.717) is 11.5 Å². The molecule has 1 N–H and O–H groups in total. The Kier molecular flexibility index (Phi) is 3.49. The number of nitrogens with one attached hydrogen (secondary N) is 1. The summed E-state index contributed by atoms with van der Waals surface area (Å²) < 4.78 is 13.3. The molecule has 0 bridgehead atoms. The molecule has 0 fully saturated rings. The average molecular weight is 238 g/mol. The van der Waals surface area contributed by atoms with Crippen molar-refractivity contribution in [2.45, 2.75) is 13.8 Å². The van der Waals surface area contributed by atoms with E-state index in [1.165, 1.54) is 6.07 Å². The summed E-state index contributed by atoms with van der Waals surface area (Å²) in [5.74, 6) is 1.52. The smallest absolute Gasteiger partial charge is 0.161 e. The molecule has 86 valence electrons. The summed E-state index contributed by atoms with van der Waals surface area (Å²) in [5, 5.41) is 4.08. The van der Waals surface area contributed by atoms with Gasteiger partial charge >= 0.3 is 0 Å². The molecular formula is C12H15FN2S. The van der Waals surface area contributed by atoms with Crippen molar-refractivity contribution in [1.82, 2.24) is 0 Å². The van der Waals surface area contributed by atoms with Gasteiger partial charge in [0.25, 0.3) is 0 Å². The molecule has 0 aromatic heterocycles. The van der Waals surface area contributed by atoms with Crippen LogP contribution < -0.4 is 5.32 Å². The van der Waals surface area contributed by atoms with E-state index < -0.39 is 0 Å². The van der Waals surface area contributed by atoms with Crippen LogP contribution in [0.4, 0.5) is 10.1 Å². The largest absolute Gasteiger partial charge is 0.335 e. The third-order valence-corrected chi connectivity index (χ3v) is 3.80. The second-order valence-corrected chi connectivity index (χ2v) is 5.11. The molecule has 0 aliphatic carbocycles. The van der Waals surface area contributed by atoms with Gasteiger partial charge < -0.3 is 5.32 Å². The number of amidine groups is 1. The topological polar surface area (TPSA) is 24.4 Å². The first kappa shape index (κ1) is 11.5. The summed E-state index contributed by atoms with van der Waals surface area (Å²) in [6, 6.07) is 5.05. The molecule has 0 radical (unpaired) electrons. The van der Waals surface area contributed by atoms with Crippen LogP contribution in [0.3, 0.4) is 0 Å². The van der Waals surface area contributed by atoms with E-state index in [0.717, 1.165) is 23.2 Å². The third kappa shape index (κ3) is 2.55. The molecular weight excluding hydrogens is 223 g/mol. The van der Waals surface area contributed by atoms with Crippen LogP contribution >= 0.6 is 11.8 Å². The van der Waals surface area contributed by atoms with Gasteiger partial charge in [0, 0.05) is 23.5 Å². The normalized spacial score (nSPS) is 20.4. The predicted octanol–water partition coefficient (Wildman–Crippen LogP) is 3.28. The van der Waals surface area contributed by atoms with Crippen molar-refractivity contribution in [3.63, 3.8) is 0 Å². The van der Waals surface area contributed by atoms with Gasteiger partial charge in [-0.25, -0.2) is 4.39 Å². The summed E-state index contributed by atoms with van der Waals surface area (Å²) >= 11 is 1.70. The molecule has 4 heteroatoms. The van der Waals surface area contributed by atoms with Gasteiger partial charge in [-0.15, -0.1) is 0 Å². The summed E-state index contributed by atoms with van der Waals surface area (Å²) in [6.07, 6.45) is 0. The van der Waals surface area contributed by atoms with Crippen molar-refractivity contribution < 1.29 is 4.39 Å². The molecule has 1 heterocycles. The fourth-order valence-electron chi connectivity index (χ4n) is 1.49. The van der Waals surface area contributed by atoms with Crippen LogP contribution in [0.2, 0.25) is 0 Å². The van der Waals surface area contributed by atoms with Crippen molar-refractivity contribution in [2.24, 2.45) is 10.9 Å². The van der Waals surface area contributed by atoms with E-state index >= 15 is 0 Å². The van der Waals surface area contributed by atoms with Crippen LogP contribution in [-0.2, 0) is 0 Å². The first-order valence-corrected chi connectivity index (χ1v) is 6.35. The Hall–Kier alpha value is -1.03. The summed E-state index contributed by atoms with van der Waals surface area (Å²) in [6.45, 7) is 4.80. The molecule has 1 aromatic rings. The Bertz CT molecular complexity index is 417. The van der Waals surface area contributed by atoms with Crippen molar-refractivity contribution in [3.8, 4) is 0 Å². The van der Waals surface area contributed by atoms with E-state index in [4.69, 9.17) is 0 Å². The standard InChI is InChI=1S/C12H15FN2S/c1-8-6-14-12(16-7-8)15-11-5-3-4-10(13)9(11)2/h3-5,8H,6-7H2,1-2H3,(H,14,15).